The van der Waals surface area contributed by atoms with Crippen LogP contribution in [0.3, 0.4) is 0 Å². The Kier molecular flexibility index (Phi) is 5.38. The Morgan fingerprint density at radius 3 is 2.21 bits per heavy atom. The summed E-state index contributed by atoms with van der Waals surface area (Å²) < 4.78 is 6.10. The molecule has 1 heterocycles. The van der Waals surface area contributed by atoms with E-state index in [0.29, 0.717) is 0 Å². The van der Waals surface area contributed by atoms with Crippen molar-refractivity contribution in [2.45, 2.75) is 13.8 Å². The first kappa shape index (κ1) is 18.5. The van der Waals surface area contributed by atoms with E-state index in [9.17, 15) is 0 Å². The third kappa shape index (κ3) is 4.35. The molecule has 144 valence electrons. The quantitative estimate of drug-likeness (QED) is 0.316. The molecule has 0 saturated carbocycles. The van der Waals surface area contributed by atoms with Gasteiger partial charge in [-0.3, -0.25) is 10.9 Å². The summed E-state index contributed by atoms with van der Waals surface area (Å²) in [5.41, 5.74) is 11.6. The molecule has 4 aromatic rings. The Morgan fingerprint density at radius 1 is 0.862 bits per heavy atom. The Morgan fingerprint density at radius 2 is 1.52 bits per heavy atom. The first-order valence-electron chi connectivity index (χ1n) is 9.44. The van der Waals surface area contributed by atoms with E-state index in [1.54, 1.807) is 0 Å². The van der Waals surface area contributed by atoms with Crippen molar-refractivity contribution < 1.29 is 4.42 Å². The molecular formula is C24H22N4O. The summed E-state index contributed by atoms with van der Waals surface area (Å²) in [7, 11) is 0. The summed E-state index contributed by atoms with van der Waals surface area (Å²) in [5.74, 6) is 0.725. The summed E-state index contributed by atoms with van der Waals surface area (Å²) >= 11 is 0. The van der Waals surface area contributed by atoms with Crippen LogP contribution in [0.1, 0.15) is 23.8 Å². The zero-order chi connectivity index (χ0) is 20.1. The third-order valence-electron chi connectivity index (χ3n) is 4.57. The van der Waals surface area contributed by atoms with Crippen LogP contribution < -0.4 is 10.9 Å². The molecule has 0 fully saturated rings. The highest BCUT2D eigenvalue weighted by atomic mass is 16.3. The maximum Gasteiger partial charge on any atom is 0.151 e. The Hall–Kier alpha value is -3.86. The highest BCUT2D eigenvalue weighted by Gasteiger charge is 2.12. The van der Waals surface area contributed by atoms with E-state index in [-0.39, 0.29) is 0 Å². The van der Waals surface area contributed by atoms with Crippen LogP contribution >= 0.6 is 0 Å². The summed E-state index contributed by atoms with van der Waals surface area (Å²) in [4.78, 5) is 0. The van der Waals surface area contributed by atoms with Gasteiger partial charge in [0.25, 0.3) is 0 Å². The number of anilines is 2. The van der Waals surface area contributed by atoms with Gasteiger partial charge in [0.15, 0.2) is 5.76 Å². The van der Waals surface area contributed by atoms with E-state index in [2.05, 4.69) is 21.1 Å². The molecule has 0 unspecified atom stereocenters. The fourth-order valence-corrected chi connectivity index (χ4v) is 2.97. The van der Waals surface area contributed by atoms with Crippen LogP contribution in [0, 0.1) is 6.92 Å². The number of nitrogens with one attached hydrogen (secondary N) is 2. The molecule has 5 heteroatoms. The number of nitrogens with zero attached hydrogens (tertiary/aromatic N) is 2. The van der Waals surface area contributed by atoms with Gasteiger partial charge in [0.1, 0.15) is 11.3 Å². The lowest BCUT2D eigenvalue weighted by atomic mass is 10.1. The smallest absolute Gasteiger partial charge is 0.151 e. The molecule has 4 rings (SSSR count). The van der Waals surface area contributed by atoms with Crippen LogP contribution in [-0.4, -0.2) is 11.9 Å². The minimum absolute atomic E-state index is 0.725. The predicted octanol–water partition coefficient (Wildman–Crippen LogP) is 6.02. The molecule has 0 saturated heterocycles. The van der Waals surface area contributed by atoms with Crippen LogP contribution in [0.15, 0.2) is 93.5 Å². The van der Waals surface area contributed by atoms with Crippen molar-refractivity contribution in [1.29, 1.82) is 0 Å². The van der Waals surface area contributed by atoms with Gasteiger partial charge in [-0.05, 0) is 49.7 Å². The summed E-state index contributed by atoms with van der Waals surface area (Å²) in [6, 6.07) is 25.8. The van der Waals surface area contributed by atoms with Gasteiger partial charge in [-0.25, -0.2) is 0 Å². The van der Waals surface area contributed by atoms with E-state index >= 15 is 0 Å². The van der Waals surface area contributed by atoms with E-state index in [4.69, 9.17) is 4.42 Å². The van der Waals surface area contributed by atoms with Crippen molar-refractivity contribution in [1.82, 2.24) is 0 Å². The van der Waals surface area contributed by atoms with Crippen molar-refractivity contribution in [2.24, 2.45) is 10.2 Å². The topological polar surface area (TPSA) is 61.9 Å². The van der Waals surface area contributed by atoms with Gasteiger partial charge in [-0.1, -0.05) is 48.5 Å². The molecule has 0 spiro atoms. The van der Waals surface area contributed by atoms with Gasteiger partial charge in [0, 0.05) is 10.9 Å². The third-order valence-corrected chi connectivity index (χ3v) is 4.57. The molecule has 3 aromatic carbocycles. The van der Waals surface area contributed by atoms with Crippen molar-refractivity contribution >= 4 is 34.3 Å². The Bertz CT molecular complexity index is 1160. The number of fused-ring (bicyclic) bond motifs is 1. The van der Waals surface area contributed by atoms with Crippen molar-refractivity contribution in [3.63, 3.8) is 0 Å². The number of benzene rings is 3. The van der Waals surface area contributed by atoms with Gasteiger partial charge in [-0.15, -0.1) is 0 Å². The molecule has 0 radical (unpaired) electrons. The largest absolute Gasteiger partial charge is 0.454 e. The number of aryl methyl sites for hydroxylation is 1. The number of rotatable bonds is 6. The standard InChI is InChI=1S/C24H22N4O/c1-17-13-14-19(16-25-27-20-9-5-3-6-10-20)22-15-23(29-24(17)22)18(2)26-28-21-11-7-4-8-12-21/h3-16,27-28H,1-2H3/b25-16-,26-18-. The van der Waals surface area contributed by atoms with E-state index < -0.39 is 0 Å². The minimum atomic E-state index is 0.725. The first-order chi connectivity index (χ1) is 14.2. The molecule has 2 N–H and O–H groups in total. The Labute approximate surface area is 169 Å². The SMILES string of the molecule is C/C(=N/Nc1ccccc1)c1cc2c(/C=N\Nc3ccccc3)ccc(C)c2o1. The molecule has 29 heavy (non-hydrogen) atoms. The van der Waals surface area contributed by atoms with Gasteiger partial charge in [-0.2, -0.15) is 10.2 Å². The monoisotopic (exact) mass is 382 g/mol. The van der Waals surface area contributed by atoms with E-state index in [1.165, 1.54) is 0 Å². The summed E-state index contributed by atoms with van der Waals surface area (Å²) in [6.45, 7) is 3.96. The minimum Gasteiger partial charge on any atom is -0.454 e. The zero-order valence-corrected chi connectivity index (χ0v) is 16.4. The molecule has 0 amide bonds. The Balaban J connectivity index is 1.59. The molecule has 0 atom stereocenters. The zero-order valence-electron chi connectivity index (χ0n) is 16.4. The molecule has 1 aromatic heterocycles. The van der Waals surface area contributed by atoms with E-state index in [0.717, 1.165) is 44.9 Å². The molecule has 0 aliphatic rings. The molecule has 5 nitrogen and oxygen atoms in total. The van der Waals surface area contributed by atoms with Crippen LogP contribution in [0.2, 0.25) is 0 Å². The maximum absolute atomic E-state index is 6.10. The van der Waals surface area contributed by atoms with Gasteiger partial charge in [0.2, 0.25) is 0 Å². The van der Waals surface area contributed by atoms with Gasteiger partial charge in [0.05, 0.1) is 17.6 Å². The lowest BCUT2D eigenvalue weighted by Crippen LogP contribution is -1.97. The fourth-order valence-electron chi connectivity index (χ4n) is 2.97. The average Bonchev–Trinajstić information content (AvgIpc) is 3.22. The number of furan rings is 1. The lowest BCUT2D eigenvalue weighted by molar-refractivity contribution is 0.602. The second kappa shape index (κ2) is 8.44. The highest BCUT2D eigenvalue weighted by Crippen LogP contribution is 2.26. The van der Waals surface area contributed by atoms with Crippen molar-refractivity contribution in [3.8, 4) is 0 Å². The van der Waals surface area contributed by atoms with E-state index in [1.807, 2.05) is 98.9 Å². The average molecular weight is 382 g/mol. The van der Waals surface area contributed by atoms with Crippen molar-refractivity contribution in [2.75, 3.05) is 10.9 Å². The van der Waals surface area contributed by atoms with Gasteiger partial charge >= 0.3 is 0 Å². The highest BCUT2D eigenvalue weighted by molar-refractivity contribution is 6.05. The first-order valence-corrected chi connectivity index (χ1v) is 9.44. The van der Waals surface area contributed by atoms with Gasteiger partial charge < -0.3 is 4.42 Å². The maximum atomic E-state index is 6.10. The van der Waals surface area contributed by atoms with Crippen LogP contribution in [0.25, 0.3) is 11.0 Å². The van der Waals surface area contributed by atoms with Crippen LogP contribution in [0.4, 0.5) is 11.4 Å². The second-order valence-electron chi connectivity index (χ2n) is 6.74. The number of hydrazone groups is 2. The lowest BCUT2D eigenvalue weighted by Gasteiger charge is -2.01. The molecular weight excluding hydrogens is 360 g/mol. The number of hydrogen-bond donors (Lipinski definition) is 2. The summed E-state index contributed by atoms with van der Waals surface area (Å²) in [6.07, 6.45) is 1.81. The van der Waals surface area contributed by atoms with Crippen LogP contribution in [0.5, 0.6) is 0 Å². The predicted molar refractivity (Wildman–Crippen MR) is 121 cm³/mol. The second-order valence-corrected chi connectivity index (χ2v) is 6.74. The fraction of sp³-hybridized carbons (Fsp3) is 0.0833. The normalized spacial score (nSPS) is 11.9. The summed E-state index contributed by atoms with van der Waals surface area (Å²) in [5, 5.41) is 9.82. The molecule has 0 aliphatic carbocycles. The molecule has 0 bridgehead atoms. The number of hydrogen-bond acceptors (Lipinski definition) is 5. The molecule has 0 aliphatic heterocycles. The van der Waals surface area contributed by atoms with Crippen molar-refractivity contribution in [3.05, 3.63) is 95.7 Å². The van der Waals surface area contributed by atoms with Crippen LogP contribution in [-0.2, 0) is 0 Å². The number of para-hydroxylation sites is 2.